The molecule has 0 radical (unpaired) electrons. The fourth-order valence-electron chi connectivity index (χ4n) is 2.78. The fraction of sp³-hybridized carbons (Fsp3) is 0.400. The molecular weight excluding hydrogens is 258 g/mol. The highest BCUT2D eigenvalue weighted by molar-refractivity contribution is 5.94. The average Bonchev–Trinajstić information content (AvgIpc) is 2.71. The molecule has 2 heterocycles. The highest BCUT2D eigenvalue weighted by atomic mass is 16.6. The molecule has 0 fully saturated rings. The van der Waals surface area contributed by atoms with Crippen molar-refractivity contribution in [1.29, 1.82) is 0 Å². The van der Waals surface area contributed by atoms with Gasteiger partial charge in [-0.25, -0.2) is 0 Å². The van der Waals surface area contributed by atoms with Crippen molar-refractivity contribution in [1.82, 2.24) is 4.98 Å². The summed E-state index contributed by atoms with van der Waals surface area (Å²) in [5.74, 6) is 0.520. The maximum atomic E-state index is 11.5. The molecule has 0 saturated heterocycles. The van der Waals surface area contributed by atoms with Crippen molar-refractivity contribution < 1.29 is 19.4 Å². The topological polar surface area (TPSA) is 71.6 Å². The van der Waals surface area contributed by atoms with Crippen LogP contribution in [0.5, 0.6) is 11.5 Å². The van der Waals surface area contributed by atoms with Gasteiger partial charge in [-0.15, -0.1) is 0 Å². The number of H-pyrrole nitrogens is 1. The number of hydrogen-bond acceptors (Lipinski definition) is 3. The maximum Gasteiger partial charge on any atom is 0.313 e. The molecule has 0 unspecified atom stereocenters. The standard InChI is InChI=1S/C15H17NO4/c1-8-13(15(2,3)14(17)18)9-6-11-12(7-10(9)16-8)20-5-4-19-11/h6-7,16H,4-5H2,1-3H3,(H,17,18). The molecule has 0 amide bonds. The number of aliphatic carboxylic acids is 1. The van der Waals surface area contributed by atoms with Gasteiger partial charge < -0.3 is 19.6 Å². The van der Waals surface area contributed by atoms with Crippen LogP contribution in [0.25, 0.3) is 10.9 Å². The van der Waals surface area contributed by atoms with Crippen LogP contribution in [0.1, 0.15) is 25.1 Å². The molecule has 1 aromatic heterocycles. The van der Waals surface area contributed by atoms with Gasteiger partial charge in [0.1, 0.15) is 13.2 Å². The first-order valence-corrected chi connectivity index (χ1v) is 6.57. The Labute approximate surface area is 116 Å². The number of benzene rings is 1. The minimum Gasteiger partial charge on any atom is -0.486 e. The molecular formula is C15H17NO4. The molecule has 3 rings (SSSR count). The van der Waals surface area contributed by atoms with Gasteiger partial charge in [0.15, 0.2) is 11.5 Å². The number of fused-ring (bicyclic) bond motifs is 2. The zero-order chi connectivity index (χ0) is 14.5. The van der Waals surface area contributed by atoms with E-state index in [4.69, 9.17) is 9.47 Å². The van der Waals surface area contributed by atoms with Crippen LogP contribution in [0.3, 0.4) is 0 Å². The summed E-state index contributed by atoms with van der Waals surface area (Å²) in [5, 5.41) is 10.3. The van der Waals surface area contributed by atoms with E-state index in [1.807, 2.05) is 19.1 Å². The summed E-state index contributed by atoms with van der Waals surface area (Å²) < 4.78 is 11.1. The highest BCUT2D eigenvalue weighted by Crippen LogP contribution is 2.40. The number of carboxylic acids is 1. The highest BCUT2D eigenvalue weighted by Gasteiger charge is 2.34. The predicted molar refractivity (Wildman–Crippen MR) is 74.7 cm³/mol. The summed E-state index contributed by atoms with van der Waals surface area (Å²) >= 11 is 0. The number of nitrogens with one attached hydrogen (secondary N) is 1. The Morgan fingerprint density at radius 1 is 1.25 bits per heavy atom. The van der Waals surface area contributed by atoms with Gasteiger partial charge >= 0.3 is 5.97 Å². The lowest BCUT2D eigenvalue weighted by Gasteiger charge is -2.21. The molecule has 1 aliphatic heterocycles. The molecule has 20 heavy (non-hydrogen) atoms. The zero-order valence-corrected chi connectivity index (χ0v) is 11.7. The molecule has 1 aliphatic rings. The molecule has 5 heteroatoms. The summed E-state index contributed by atoms with van der Waals surface area (Å²) in [5.41, 5.74) is 1.55. The van der Waals surface area contributed by atoms with E-state index in [1.54, 1.807) is 13.8 Å². The number of rotatable bonds is 2. The molecule has 2 aromatic rings. The van der Waals surface area contributed by atoms with Crippen LogP contribution in [0.2, 0.25) is 0 Å². The second kappa shape index (κ2) is 4.16. The number of carbonyl (C=O) groups is 1. The summed E-state index contributed by atoms with van der Waals surface area (Å²) in [6.07, 6.45) is 0. The Morgan fingerprint density at radius 3 is 2.45 bits per heavy atom. The van der Waals surface area contributed by atoms with Gasteiger partial charge in [0.25, 0.3) is 0 Å². The van der Waals surface area contributed by atoms with Crippen LogP contribution in [0, 0.1) is 6.92 Å². The van der Waals surface area contributed by atoms with Gasteiger partial charge in [-0.3, -0.25) is 4.79 Å². The molecule has 0 bridgehead atoms. The first kappa shape index (κ1) is 12.8. The van der Waals surface area contributed by atoms with E-state index >= 15 is 0 Å². The van der Waals surface area contributed by atoms with Crippen molar-refractivity contribution in [3.05, 3.63) is 23.4 Å². The predicted octanol–water partition coefficient (Wildman–Crippen LogP) is 2.61. The minimum absolute atomic E-state index is 0.513. The van der Waals surface area contributed by atoms with Crippen LogP contribution < -0.4 is 9.47 Å². The van der Waals surface area contributed by atoms with E-state index < -0.39 is 11.4 Å². The summed E-state index contributed by atoms with van der Waals surface area (Å²) in [6.45, 7) is 6.36. The normalized spacial score (nSPS) is 14.6. The quantitative estimate of drug-likeness (QED) is 0.883. The molecule has 0 spiro atoms. The first-order chi connectivity index (χ1) is 9.41. The van der Waals surface area contributed by atoms with Gasteiger partial charge in [0, 0.05) is 22.7 Å². The Balaban J connectivity index is 2.28. The van der Waals surface area contributed by atoms with Crippen LogP contribution in [0.4, 0.5) is 0 Å². The van der Waals surface area contributed by atoms with Crippen LogP contribution in [-0.2, 0) is 10.2 Å². The van der Waals surface area contributed by atoms with E-state index in [1.165, 1.54) is 0 Å². The monoisotopic (exact) mass is 275 g/mol. The Hall–Kier alpha value is -2.17. The molecule has 1 aromatic carbocycles. The van der Waals surface area contributed by atoms with Crippen LogP contribution in [-0.4, -0.2) is 29.3 Å². The third-order valence-electron chi connectivity index (χ3n) is 3.81. The maximum absolute atomic E-state index is 11.5. The number of aryl methyl sites for hydroxylation is 1. The van der Waals surface area contributed by atoms with E-state index in [2.05, 4.69) is 4.98 Å². The lowest BCUT2D eigenvalue weighted by Crippen LogP contribution is -2.29. The second-order valence-electron chi connectivity index (χ2n) is 5.60. The third-order valence-corrected chi connectivity index (χ3v) is 3.81. The lowest BCUT2D eigenvalue weighted by molar-refractivity contribution is -0.142. The van der Waals surface area contributed by atoms with Gasteiger partial charge in [0.05, 0.1) is 5.41 Å². The SMILES string of the molecule is Cc1[nH]c2cc3c(cc2c1C(C)(C)C(=O)O)OCCO3. The van der Waals surface area contributed by atoms with Crippen molar-refractivity contribution >= 4 is 16.9 Å². The Bertz CT molecular complexity index is 699. The molecule has 0 atom stereocenters. The van der Waals surface area contributed by atoms with Gasteiger partial charge in [-0.05, 0) is 32.4 Å². The zero-order valence-electron chi connectivity index (χ0n) is 11.7. The number of hydrogen-bond donors (Lipinski definition) is 2. The Kier molecular flexibility index (Phi) is 2.67. The fourth-order valence-corrected chi connectivity index (χ4v) is 2.78. The molecule has 106 valence electrons. The smallest absolute Gasteiger partial charge is 0.313 e. The van der Waals surface area contributed by atoms with E-state index in [9.17, 15) is 9.90 Å². The van der Waals surface area contributed by atoms with Crippen molar-refractivity contribution in [2.45, 2.75) is 26.2 Å². The minimum atomic E-state index is -0.966. The van der Waals surface area contributed by atoms with E-state index in [-0.39, 0.29) is 0 Å². The number of carboxylic acid groups (broad SMARTS) is 1. The van der Waals surface area contributed by atoms with Gasteiger partial charge in [0.2, 0.25) is 0 Å². The van der Waals surface area contributed by atoms with Crippen LogP contribution in [0.15, 0.2) is 12.1 Å². The molecule has 0 aliphatic carbocycles. The van der Waals surface area contributed by atoms with E-state index in [0.717, 1.165) is 22.2 Å². The number of ether oxygens (including phenoxy) is 2. The van der Waals surface area contributed by atoms with E-state index in [0.29, 0.717) is 24.7 Å². The van der Waals surface area contributed by atoms with Gasteiger partial charge in [-0.2, -0.15) is 0 Å². The van der Waals surface area contributed by atoms with Crippen molar-refractivity contribution in [2.75, 3.05) is 13.2 Å². The number of aromatic nitrogens is 1. The van der Waals surface area contributed by atoms with Crippen molar-refractivity contribution in [2.24, 2.45) is 0 Å². The summed E-state index contributed by atoms with van der Waals surface area (Å²) in [6, 6.07) is 3.74. The summed E-state index contributed by atoms with van der Waals surface area (Å²) in [7, 11) is 0. The lowest BCUT2D eigenvalue weighted by atomic mass is 9.83. The molecule has 2 N–H and O–H groups in total. The third kappa shape index (κ3) is 1.73. The van der Waals surface area contributed by atoms with Gasteiger partial charge in [-0.1, -0.05) is 0 Å². The Morgan fingerprint density at radius 2 is 1.85 bits per heavy atom. The number of aromatic amines is 1. The van der Waals surface area contributed by atoms with Crippen LogP contribution >= 0.6 is 0 Å². The largest absolute Gasteiger partial charge is 0.486 e. The second-order valence-corrected chi connectivity index (χ2v) is 5.60. The molecule has 0 saturated carbocycles. The summed E-state index contributed by atoms with van der Waals surface area (Å²) in [4.78, 5) is 14.8. The molecule has 5 nitrogen and oxygen atoms in total. The first-order valence-electron chi connectivity index (χ1n) is 6.57. The van der Waals surface area contributed by atoms with Crippen molar-refractivity contribution in [3.63, 3.8) is 0 Å². The van der Waals surface area contributed by atoms with Crippen molar-refractivity contribution in [3.8, 4) is 11.5 Å². The average molecular weight is 275 g/mol.